The second-order valence-corrected chi connectivity index (χ2v) is 7.19. The average molecular weight is 339 g/mol. The van der Waals surface area contributed by atoms with Crippen LogP contribution >= 0.6 is 0 Å². The molecule has 1 fully saturated rings. The summed E-state index contributed by atoms with van der Waals surface area (Å²) in [4.78, 5) is 2.58. The van der Waals surface area contributed by atoms with Gasteiger partial charge >= 0.3 is 0 Å². The molecule has 0 aromatic heterocycles. The largest absolute Gasteiger partial charge is 0.493 e. The summed E-state index contributed by atoms with van der Waals surface area (Å²) in [5, 5.41) is 0. The summed E-state index contributed by atoms with van der Waals surface area (Å²) in [6.07, 6.45) is 2.63. The zero-order chi connectivity index (χ0) is 17.8. The molecule has 0 aliphatic carbocycles. The molecule has 1 atom stereocenters. The molecule has 1 aliphatic rings. The van der Waals surface area contributed by atoms with Crippen LogP contribution in [-0.4, -0.2) is 24.7 Å². The Labute approximate surface area is 151 Å². The van der Waals surface area contributed by atoms with Crippen LogP contribution in [0.1, 0.15) is 49.4 Å². The van der Waals surface area contributed by atoms with Gasteiger partial charge in [-0.25, -0.2) is 0 Å². The Morgan fingerprint density at radius 1 is 1.12 bits per heavy atom. The molecule has 3 nitrogen and oxygen atoms in total. The first-order chi connectivity index (χ1) is 12.1. The molecule has 1 heterocycles. The first kappa shape index (κ1) is 17.8. The standard InChI is InChI=1S/C22H29NO2/c1-16(2)25-21-11-10-18(14-22(21)24-4)15-23-12-6-9-20(23)19-8-5-7-17(3)13-19/h5,7-8,10-11,13-14,16,20H,6,9,12,15H2,1-4H3/t20-/m1/s1. The van der Waals surface area contributed by atoms with Crippen LogP contribution in [0.15, 0.2) is 42.5 Å². The van der Waals surface area contributed by atoms with E-state index in [2.05, 4.69) is 48.2 Å². The van der Waals surface area contributed by atoms with Gasteiger partial charge in [-0.3, -0.25) is 4.90 Å². The lowest BCUT2D eigenvalue weighted by molar-refractivity contribution is 0.228. The molecule has 0 N–H and O–H groups in total. The van der Waals surface area contributed by atoms with E-state index in [9.17, 15) is 0 Å². The maximum Gasteiger partial charge on any atom is 0.161 e. The fourth-order valence-corrected chi connectivity index (χ4v) is 3.67. The second kappa shape index (κ2) is 7.92. The van der Waals surface area contributed by atoms with Crippen LogP contribution in [0.5, 0.6) is 11.5 Å². The summed E-state index contributed by atoms with van der Waals surface area (Å²) in [6.45, 7) is 8.32. The molecule has 3 rings (SSSR count). The minimum atomic E-state index is 0.143. The first-order valence-corrected chi connectivity index (χ1v) is 9.21. The van der Waals surface area contributed by atoms with Gasteiger partial charge in [0.2, 0.25) is 0 Å². The highest BCUT2D eigenvalue weighted by atomic mass is 16.5. The quantitative estimate of drug-likeness (QED) is 0.728. The third-order valence-electron chi connectivity index (χ3n) is 4.77. The number of aryl methyl sites for hydroxylation is 1. The van der Waals surface area contributed by atoms with Crippen molar-refractivity contribution in [3.8, 4) is 11.5 Å². The minimum absolute atomic E-state index is 0.143. The van der Waals surface area contributed by atoms with Crippen LogP contribution in [-0.2, 0) is 6.54 Å². The van der Waals surface area contributed by atoms with Gasteiger partial charge in [-0.15, -0.1) is 0 Å². The van der Waals surface area contributed by atoms with Crippen molar-refractivity contribution in [2.45, 2.75) is 52.3 Å². The molecule has 1 aliphatic heterocycles. The van der Waals surface area contributed by atoms with Crippen LogP contribution in [0.2, 0.25) is 0 Å². The Balaban J connectivity index is 1.77. The molecule has 0 radical (unpaired) electrons. The fourth-order valence-electron chi connectivity index (χ4n) is 3.67. The molecule has 0 bridgehead atoms. The summed E-state index contributed by atoms with van der Waals surface area (Å²) >= 11 is 0. The molecule has 25 heavy (non-hydrogen) atoms. The summed E-state index contributed by atoms with van der Waals surface area (Å²) in [5.74, 6) is 1.63. The Morgan fingerprint density at radius 3 is 2.68 bits per heavy atom. The molecule has 2 aromatic carbocycles. The van der Waals surface area contributed by atoms with E-state index in [1.54, 1.807) is 7.11 Å². The van der Waals surface area contributed by atoms with Crippen molar-refractivity contribution < 1.29 is 9.47 Å². The molecule has 1 saturated heterocycles. The van der Waals surface area contributed by atoms with E-state index >= 15 is 0 Å². The Kier molecular flexibility index (Phi) is 5.64. The SMILES string of the molecule is COc1cc(CN2CCC[C@@H]2c2cccc(C)c2)ccc1OC(C)C. The Bertz CT molecular complexity index is 711. The number of likely N-dealkylation sites (tertiary alicyclic amines) is 1. The van der Waals surface area contributed by atoms with Gasteiger partial charge in [0, 0.05) is 12.6 Å². The number of methoxy groups -OCH3 is 1. The second-order valence-electron chi connectivity index (χ2n) is 7.19. The van der Waals surface area contributed by atoms with E-state index in [0.29, 0.717) is 6.04 Å². The highest BCUT2D eigenvalue weighted by Gasteiger charge is 2.26. The van der Waals surface area contributed by atoms with Crippen LogP contribution in [0.25, 0.3) is 0 Å². The lowest BCUT2D eigenvalue weighted by atomic mass is 10.0. The molecule has 0 spiro atoms. The summed E-state index contributed by atoms with van der Waals surface area (Å²) in [6, 6.07) is 15.7. The normalized spacial score (nSPS) is 17.9. The van der Waals surface area contributed by atoms with E-state index in [-0.39, 0.29) is 6.10 Å². The van der Waals surface area contributed by atoms with Crippen molar-refractivity contribution >= 4 is 0 Å². The number of rotatable bonds is 6. The maximum atomic E-state index is 5.83. The van der Waals surface area contributed by atoms with Crippen molar-refractivity contribution in [3.05, 3.63) is 59.2 Å². The van der Waals surface area contributed by atoms with Crippen LogP contribution in [0.4, 0.5) is 0 Å². The predicted molar refractivity (Wildman–Crippen MR) is 102 cm³/mol. The Hall–Kier alpha value is -2.00. The van der Waals surface area contributed by atoms with E-state index in [1.165, 1.54) is 29.5 Å². The van der Waals surface area contributed by atoms with Gasteiger partial charge in [0.25, 0.3) is 0 Å². The van der Waals surface area contributed by atoms with Gasteiger partial charge in [0.1, 0.15) is 0 Å². The van der Waals surface area contributed by atoms with Gasteiger partial charge in [-0.05, 0) is 63.4 Å². The van der Waals surface area contributed by atoms with Crippen molar-refractivity contribution in [3.63, 3.8) is 0 Å². The number of benzene rings is 2. The van der Waals surface area contributed by atoms with Crippen molar-refractivity contribution in [2.75, 3.05) is 13.7 Å². The van der Waals surface area contributed by atoms with E-state index in [1.807, 2.05) is 19.9 Å². The summed E-state index contributed by atoms with van der Waals surface area (Å²) in [5.41, 5.74) is 4.04. The van der Waals surface area contributed by atoms with E-state index in [0.717, 1.165) is 24.6 Å². The molecule has 3 heteroatoms. The third kappa shape index (κ3) is 4.35. The van der Waals surface area contributed by atoms with Crippen LogP contribution in [0.3, 0.4) is 0 Å². The Morgan fingerprint density at radius 2 is 1.96 bits per heavy atom. The van der Waals surface area contributed by atoms with Crippen molar-refractivity contribution in [1.29, 1.82) is 0 Å². The van der Waals surface area contributed by atoms with Crippen molar-refractivity contribution in [2.24, 2.45) is 0 Å². The zero-order valence-corrected chi connectivity index (χ0v) is 15.8. The maximum absolute atomic E-state index is 5.83. The molecule has 0 unspecified atom stereocenters. The lowest BCUT2D eigenvalue weighted by Crippen LogP contribution is -2.22. The number of nitrogens with zero attached hydrogens (tertiary/aromatic N) is 1. The molecule has 0 saturated carbocycles. The first-order valence-electron chi connectivity index (χ1n) is 9.21. The zero-order valence-electron chi connectivity index (χ0n) is 15.8. The highest BCUT2D eigenvalue weighted by molar-refractivity contribution is 5.43. The molecular formula is C22H29NO2. The molecular weight excluding hydrogens is 310 g/mol. The monoisotopic (exact) mass is 339 g/mol. The highest BCUT2D eigenvalue weighted by Crippen LogP contribution is 2.35. The van der Waals surface area contributed by atoms with Gasteiger partial charge in [0.05, 0.1) is 13.2 Å². The average Bonchev–Trinajstić information content (AvgIpc) is 3.04. The smallest absolute Gasteiger partial charge is 0.161 e. The lowest BCUT2D eigenvalue weighted by Gasteiger charge is -2.25. The number of hydrogen-bond donors (Lipinski definition) is 0. The number of ether oxygens (including phenoxy) is 2. The van der Waals surface area contributed by atoms with Crippen molar-refractivity contribution in [1.82, 2.24) is 4.90 Å². The molecule has 134 valence electrons. The van der Waals surface area contributed by atoms with Crippen LogP contribution < -0.4 is 9.47 Å². The summed E-state index contributed by atoms with van der Waals surface area (Å²) in [7, 11) is 1.71. The molecule has 0 amide bonds. The van der Waals surface area contributed by atoms with Gasteiger partial charge in [-0.1, -0.05) is 35.9 Å². The number of hydrogen-bond acceptors (Lipinski definition) is 3. The van der Waals surface area contributed by atoms with Gasteiger partial charge < -0.3 is 9.47 Å². The fraction of sp³-hybridized carbons (Fsp3) is 0.455. The van der Waals surface area contributed by atoms with Gasteiger partial charge in [0.15, 0.2) is 11.5 Å². The van der Waals surface area contributed by atoms with Gasteiger partial charge in [-0.2, -0.15) is 0 Å². The predicted octanol–water partition coefficient (Wildman–Crippen LogP) is 5.13. The summed E-state index contributed by atoms with van der Waals surface area (Å²) < 4.78 is 11.4. The minimum Gasteiger partial charge on any atom is -0.493 e. The van der Waals surface area contributed by atoms with E-state index < -0.39 is 0 Å². The third-order valence-corrected chi connectivity index (χ3v) is 4.77. The van der Waals surface area contributed by atoms with E-state index in [4.69, 9.17) is 9.47 Å². The van der Waals surface area contributed by atoms with Crippen LogP contribution in [0, 0.1) is 6.92 Å². The molecule has 2 aromatic rings. The topological polar surface area (TPSA) is 21.7 Å².